The molecule has 1 heterocycles. The van der Waals surface area contributed by atoms with E-state index < -0.39 is 0 Å². The zero-order valence-corrected chi connectivity index (χ0v) is 12.3. The van der Waals surface area contributed by atoms with Crippen molar-refractivity contribution in [2.45, 2.75) is 0 Å². The maximum absolute atomic E-state index is 5.95. The molecule has 2 aromatic rings. The van der Waals surface area contributed by atoms with E-state index in [9.17, 15) is 0 Å². The lowest BCUT2D eigenvalue weighted by atomic mass is 10.3. The van der Waals surface area contributed by atoms with Crippen LogP contribution in [-0.2, 0) is 0 Å². The van der Waals surface area contributed by atoms with Gasteiger partial charge in [-0.25, -0.2) is 9.97 Å². The average Bonchev–Trinajstić information content (AvgIpc) is 2.41. The van der Waals surface area contributed by atoms with Crippen molar-refractivity contribution in [1.82, 2.24) is 9.97 Å². The molecule has 1 aromatic heterocycles. The van der Waals surface area contributed by atoms with E-state index in [1.54, 1.807) is 0 Å². The summed E-state index contributed by atoms with van der Waals surface area (Å²) in [6, 6.07) is 7.62. The lowest BCUT2D eigenvalue weighted by Crippen LogP contribution is -2.13. The van der Waals surface area contributed by atoms with Gasteiger partial charge in [-0.1, -0.05) is 27.5 Å². The molecule has 0 saturated carbocycles. The highest BCUT2D eigenvalue weighted by atomic mass is 79.9. The normalized spacial score (nSPS) is 10.2. The number of anilines is 2. The SMILES string of the molecule is Nc1ncnc(NCCOc2ccc(Br)cc2)c1Cl. The van der Waals surface area contributed by atoms with E-state index in [-0.39, 0.29) is 5.82 Å². The molecule has 0 atom stereocenters. The summed E-state index contributed by atoms with van der Waals surface area (Å²) in [6.45, 7) is 1.05. The van der Waals surface area contributed by atoms with E-state index in [0.717, 1.165) is 10.2 Å². The monoisotopic (exact) mass is 342 g/mol. The van der Waals surface area contributed by atoms with Crippen molar-refractivity contribution in [2.75, 3.05) is 24.2 Å². The van der Waals surface area contributed by atoms with Gasteiger partial charge in [0.15, 0.2) is 5.82 Å². The molecule has 0 amide bonds. The summed E-state index contributed by atoms with van der Waals surface area (Å²) < 4.78 is 6.57. The van der Waals surface area contributed by atoms with Crippen LogP contribution in [0.2, 0.25) is 5.02 Å². The Morgan fingerprint density at radius 2 is 2.00 bits per heavy atom. The lowest BCUT2D eigenvalue weighted by Gasteiger charge is -2.09. The number of nitrogens with one attached hydrogen (secondary N) is 1. The second-order valence-corrected chi connectivity index (χ2v) is 4.94. The van der Waals surface area contributed by atoms with Gasteiger partial charge in [0.1, 0.15) is 29.5 Å². The number of hydrogen-bond acceptors (Lipinski definition) is 5. The van der Waals surface area contributed by atoms with Gasteiger partial charge in [-0.15, -0.1) is 0 Å². The van der Waals surface area contributed by atoms with Gasteiger partial charge < -0.3 is 15.8 Å². The highest BCUT2D eigenvalue weighted by Crippen LogP contribution is 2.22. The van der Waals surface area contributed by atoms with Crippen molar-refractivity contribution in [3.63, 3.8) is 0 Å². The Kier molecular flexibility index (Phi) is 4.81. The molecule has 0 saturated heterocycles. The van der Waals surface area contributed by atoms with Crippen molar-refractivity contribution in [3.05, 3.63) is 40.1 Å². The molecule has 0 unspecified atom stereocenters. The third-order valence-corrected chi connectivity index (χ3v) is 3.19. The fourth-order valence-corrected chi connectivity index (χ4v) is 1.80. The Hall–Kier alpha value is -1.53. The summed E-state index contributed by atoms with van der Waals surface area (Å²) in [5.41, 5.74) is 5.57. The smallest absolute Gasteiger partial charge is 0.150 e. The van der Waals surface area contributed by atoms with Crippen LogP contribution in [0.5, 0.6) is 5.75 Å². The van der Waals surface area contributed by atoms with Gasteiger partial charge in [-0.2, -0.15) is 0 Å². The van der Waals surface area contributed by atoms with E-state index >= 15 is 0 Å². The summed E-state index contributed by atoms with van der Waals surface area (Å²) in [5, 5.41) is 3.36. The third-order valence-electron chi connectivity index (χ3n) is 2.29. The maximum Gasteiger partial charge on any atom is 0.150 e. The van der Waals surface area contributed by atoms with Crippen molar-refractivity contribution >= 4 is 39.2 Å². The summed E-state index contributed by atoms with van der Waals surface area (Å²) in [5.74, 6) is 1.57. The molecular weight excluding hydrogens is 332 g/mol. The number of benzene rings is 1. The number of nitrogens with two attached hydrogens (primary N) is 1. The molecule has 0 aliphatic heterocycles. The number of halogens is 2. The van der Waals surface area contributed by atoms with Crippen molar-refractivity contribution in [2.24, 2.45) is 0 Å². The molecule has 3 N–H and O–H groups in total. The standard InChI is InChI=1S/C12H12BrClN4O/c13-8-1-3-9(4-2-8)19-6-5-16-12-10(14)11(15)17-7-18-12/h1-4,7H,5-6H2,(H3,15,16,17,18). The largest absolute Gasteiger partial charge is 0.492 e. The third kappa shape index (κ3) is 3.97. The van der Waals surface area contributed by atoms with Gasteiger partial charge >= 0.3 is 0 Å². The van der Waals surface area contributed by atoms with Gasteiger partial charge in [0.25, 0.3) is 0 Å². The van der Waals surface area contributed by atoms with Crippen LogP contribution in [0.3, 0.4) is 0 Å². The van der Waals surface area contributed by atoms with Crippen LogP contribution in [0, 0.1) is 0 Å². The first kappa shape index (κ1) is 13.9. The topological polar surface area (TPSA) is 73.1 Å². The van der Waals surface area contributed by atoms with Gasteiger partial charge in [-0.05, 0) is 24.3 Å². The fourth-order valence-electron chi connectivity index (χ4n) is 1.38. The number of aromatic nitrogens is 2. The minimum absolute atomic E-state index is 0.257. The van der Waals surface area contributed by atoms with Crippen molar-refractivity contribution in [3.8, 4) is 5.75 Å². The van der Waals surface area contributed by atoms with Gasteiger partial charge in [0.2, 0.25) is 0 Å². The number of ether oxygens (including phenoxy) is 1. The van der Waals surface area contributed by atoms with Gasteiger partial charge in [-0.3, -0.25) is 0 Å². The summed E-state index contributed by atoms with van der Waals surface area (Å²) in [4.78, 5) is 7.78. The molecule has 100 valence electrons. The Bertz CT molecular complexity index is 550. The summed E-state index contributed by atoms with van der Waals surface area (Å²) in [6.07, 6.45) is 1.36. The van der Waals surface area contributed by atoms with Crippen LogP contribution in [0.4, 0.5) is 11.6 Å². The number of hydrogen-bond donors (Lipinski definition) is 2. The Labute approximate surface area is 124 Å². The van der Waals surface area contributed by atoms with E-state index in [2.05, 4.69) is 31.2 Å². The Balaban J connectivity index is 1.81. The van der Waals surface area contributed by atoms with Crippen LogP contribution in [-0.4, -0.2) is 23.1 Å². The molecule has 1 aromatic carbocycles. The molecule has 0 spiro atoms. The molecular formula is C12H12BrClN4O. The molecule has 5 nitrogen and oxygen atoms in total. The van der Waals surface area contributed by atoms with E-state index in [0.29, 0.717) is 24.0 Å². The van der Waals surface area contributed by atoms with Gasteiger partial charge in [0.05, 0.1) is 6.54 Å². The molecule has 0 bridgehead atoms. The Morgan fingerprint density at radius 1 is 1.26 bits per heavy atom. The van der Waals surface area contributed by atoms with Crippen LogP contribution < -0.4 is 15.8 Å². The molecule has 0 fully saturated rings. The first-order valence-electron chi connectivity index (χ1n) is 5.55. The molecule has 0 radical (unpaired) electrons. The summed E-state index contributed by atoms with van der Waals surface area (Å²) in [7, 11) is 0. The zero-order valence-electron chi connectivity index (χ0n) is 9.94. The molecule has 2 rings (SSSR count). The predicted molar refractivity (Wildman–Crippen MR) is 79.6 cm³/mol. The highest BCUT2D eigenvalue weighted by molar-refractivity contribution is 9.10. The molecule has 0 aliphatic rings. The lowest BCUT2D eigenvalue weighted by molar-refractivity contribution is 0.332. The fraction of sp³-hybridized carbons (Fsp3) is 0.167. The first-order valence-corrected chi connectivity index (χ1v) is 6.72. The van der Waals surface area contributed by atoms with Gasteiger partial charge in [0, 0.05) is 4.47 Å². The van der Waals surface area contributed by atoms with E-state index in [1.165, 1.54) is 6.33 Å². The van der Waals surface area contributed by atoms with Crippen LogP contribution in [0.25, 0.3) is 0 Å². The quantitative estimate of drug-likeness (QED) is 0.817. The summed E-state index contributed by atoms with van der Waals surface area (Å²) >= 11 is 9.31. The molecule has 0 aliphatic carbocycles. The van der Waals surface area contributed by atoms with Crippen molar-refractivity contribution in [1.29, 1.82) is 0 Å². The van der Waals surface area contributed by atoms with Crippen LogP contribution in [0.15, 0.2) is 35.1 Å². The predicted octanol–water partition coefficient (Wildman–Crippen LogP) is 2.97. The first-order chi connectivity index (χ1) is 9.16. The highest BCUT2D eigenvalue weighted by Gasteiger charge is 2.05. The minimum Gasteiger partial charge on any atom is -0.492 e. The maximum atomic E-state index is 5.95. The van der Waals surface area contributed by atoms with Crippen LogP contribution >= 0.6 is 27.5 Å². The van der Waals surface area contributed by atoms with E-state index in [1.807, 2.05) is 24.3 Å². The second-order valence-electron chi connectivity index (χ2n) is 3.65. The second kappa shape index (κ2) is 6.58. The molecule has 19 heavy (non-hydrogen) atoms. The number of nitrogens with zero attached hydrogens (tertiary/aromatic N) is 2. The van der Waals surface area contributed by atoms with E-state index in [4.69, 9.17) is 22.1 Å². The minimum atomic E-state index is 0.257. The van der Waals surface area contributed by atoms with Crippen LogP contribution in [0.1, 0.15) is 0 Å². The number of nitrogen functional groups attached to an aromatic ring is 1. The molecule has 7 heteroatoms. The zero-order chi connectivity index (χ0) is 13.7. The van der Waals surface area contributed by atoms with Crippen molar-refractivity contribution < 1.29 is 4.74 Å². The average molecular weight is 344 g/mol. The number of rotatable bonds is 5. The Morgan fingerprint density at radius 3 is 2.74 bits per heavy atom.